The van der Waals surface area contributed by atoms with Gasteiger partial charge < -0.3 is 10.0 Å². The van der Waals surface area contributed by atoms with Crippen LogP contribution in [0.5, 0.6) is 0 Å². The molecule has 6 nitrogen and oxygen atoms in total. The number of nitrogens with zero attached hydrogens (tertiary/aromatic N) is 4. The molecule has 0 radical (unpaired) electrons. The molecular weight excluding hydrogens is 289 g/mol. The molecule has 0 spiro atoms. The van der Waals surface area contributed by atoms with Gasteiger partial charge >= 0.3 is 12.1 Å². The maximum Gasteiger partial charge on any atom is 0.435 e. The first-order chi connectivity index (χ1) is 9.84. The Hall–Kier alpha value is -2.32. The quantitative estimate of drug-likeness (QED) is 0.933. The number of hydrogen-bond donors (Lipinski definition) is 1. The fourth-order valence-corrected chi connectivity index (χ4v) is 2.41. The lowest BCUT2D eigenvalue weighted by atomic mass is 9.96. The van der Waals surface area contributed by atoms with E-state index < -0.39 is 17.8 Å². The zero-order chi connectivity index (χ0) is 15.2. The van der Waals surface area contributed by atoms with Crippen LogP contribution in [0.3, 0.4) is 0 Å². The normalized spacial score (nSPS) is 16.2. The van der Waals surface area contributed by atoms with Crippen LogP contribution in [0.4, 0.5) is 19.0 Å². The summed E-state index contributed by atoms with van der Waals surface area (Å²) in [5.74, 6) is -0.494. The summed E-state index contributed by atoms with van der Waals surface area (Å²) in [5.41, 5.74) is -0.710. The number of carboxylic acid groups (broad SMARTS) is 1. The zero-order valence-electron chi connectivity index (χ0n) is 10.7. The van der Waals surface area contributed by atoms with Gasteiger partial charge in [0, 0.05) is 37.5 Å². The number of carboxylic acids is 1. The maximum atomic E-state index is 12.7. The number of hydrogen-bond acceptors (Lipinski definition) is 4. The predicted molar refractivity (Wildman–Crippen MR) is 65.9 cm³/mol. The van der Waals surface area contributed by atoms with Crippen molar-refractivity contribution in [2.45, 2.75) is 12.6 Å². The summed E-state index contributed by atoms with van der Waals surface area (Å²) in [6, 6.07) is 0.951. The molecule has 1 N–H and O–H groups in total. The highest BCUT2D eigenvalue weighted by atomic mass is 19.4. The first kappa shape index (κ1) is 13.7. The molecule has 2 aromatic heterocycles. The number of fused-ring (bicyclic) bond motifs is 1. The maximum absolute atomic E-state index is 12.7. The van der Waals surface area contributed by atoms with Gasteiger partial charge in [-0.15, -0.1) is 0 Å². The molecular formula is C12H11F3N4O2. The Bertz CT molecular complexity index is 691. The van der Waals surface area contributed by atoms with E-state index in [9.17, 15) is 18.0 Å². The van der Waals surface area contributed by atoms with Gasteiger partial charge in [0.1, 0.15) is 5.52 Å². The Morgan fingerprint density at radius 3 is 2.76 bits per heavy atom. The molecule has 0 bridgehead atoms. The van der Waals surface area contributed by atoms with Crippen LogP contribution >= 0.6 is 0 Å². The van der Waals surface area contributed by atoms with Crippen molar-refractivity contribution in [1.82, 2.24) is 14.6 Å². The Labute approximate surface area is 116 Å². The van der Waals surface area contributed by atoms with Crippen LogP contribution in [0.25, 0.3) is 5.52 Å². The van der Waals surface area contributed by atoms with E-state index in [2.05, 4.69) is 10.1 Å². The molecule has 112 valence electrons. The van der Waals surface area contributed by atoms with E-state index in [4.69, 9.17) is 5.11 Å². The number of anilines is 1. The summed E-state index contributed by atoms with van der Waals surface area (Å²) >= 11 is 0. The number of carbonyl (C=O) groups is 1. The van der Waals surface area contributed by atoms with Gasteiger partial charge in [0.2, 0.25) is 0 Å². The second-order valence-corrected chi connectivity index (χ2v) is 4.98. The van der Waals surface area contributed by atoms with Crippen molar-refractivity contribution >= 4 is 17.3 Å². The molecule has 9 heteroatoms. The molecule has 0 saturated carbocycles. The van der Waals surface area contributed by atoms with E-state index in [0.29, 0.717) is 18.9 Å². The van der Waals surface area contributed by atoms with Crippen LogP contribution in [0.15, 0.2) is 18.5 Å². The van der Waals surface area contributed by atoms with Crippen molar-refractivity contribution in [2.75, 3.05) is 18.0 Å². The minimum Gasteiger partial charge on any atom is -0.481 e. The number of aliphatic carboxylic acids is 1. The van der Waals surface area contributed by atoms with Crippen molar-refractivity contribution in [1.29, 1.82) is 0 Å². The van der Waals surface area contributed by atoms with E-state index in [1.165, 1.54) is 12.4 Å². The van der Waals surface area contributed by atoms with Crippen LogP contribution in [0, 0.1) is 5.92 Å². The molecule has 0 aliphatic carbocycles. The number of alkyl halides is 3. The lowest BCUT2D eigenvalue weighted by molar-refractivity contribution is -0.141. The third kappa shape index (κ3) is 2.50. The highest BCUT2D eigenvalue weighted by Crippen LogP contribution is 2.33. The molecule has 1 saturated heterocycles. The van der Waals surface area contributed by atoms with Gasteiger partial charge in [0.25, 0.3) is 0 Å². The van der Waals surface area contributed by atoms with Crippen molar-refractivity contribution in [3.8, 4) is 0 Å². The van der Waals surface area contributed by atoms with E-state index >= 15 is 0 Å². The Morgan fingerprint density at radius 1 is 1.43 bits per heavy atom. The van der Waals surface area contributed by atoms with E-state index in [-0.39, 0.29) is 17.9 Å². The Balaban J connectivity index is 1.87. The number of halogens is 3. The molecule has 0 aromatic carbocycles. The summed E-state index contributed by atoms with van der Waals surface area (Å²) in [6.45, 7) is 0.928. The number of rotatable bonds is 3. The minimum absolute atomic E-state index is 0.00503. The van der Waals surface area contributed by atoms with Crippen LogP contribution in [0.1, 0.15) is 12.1 Å². The Morgan fingerprint density at radius 2 is 2.14 bits per heavy atom. The number of aromatic nitrogens is 3. The fourth-order valence-electron chi connectivity index (χ4n) is 2.41. The molecule has 1 aliphatic heterocycles. The lowest BCUT2D eigenvalue weighted by Gasteiger charge is -2.39. The molecule has 1 aliphatic rings. The van der Waals surface area contributed by atoms with E-state index in [0.717, 1.165) is 10.6 Å². The minimum atomic E-state index is -4.51. The van der Waals surface area contributed by atoms with Crippen molar-refractivity contribution < 1.29 is 23.1 Å². The second-order valence-electron chi connectivity index (χ2n) is 4.98. The molecule has 1 fully saturated rings. The van der Waals surface area contributed by atoms with Crippen LogP contribution < -0.4 is 4.90 Å². The molecule has 3 rings (SSSR count). The van der Waals surface area contributed by atoms with E-state index in [1.54, 1.807) is 4.90 Å². The Kier molecular flexibility index (Phi) is 2.99. The van der Waals surface area contributed by atoms with Gasteiger partial charge in [-0.1, -0.05) is 0 Å². The van der Waals surface area contributed by atoms with Gasteiger partial charge in [-0.25, -0.2) is 9.50 Å². The molecule has 0 atom stereocenters. The first-order valence-electron chi connectivity index (χ1n) is 6.23. The largest absolute Gasteiger partial charge is 0.481 e. The fraction of sp³-hybridized carbons (Fsp3) is 0.417. The molecule has 0 unspecified atom stereocenters. The third-order valence-corrected chi connectivity index (χ3v) is 3.38. The summed E-state index contributed by atoms with van der Waals surface area (Å²) in [5, 5.41) is 12.2. The van der Waals surface area contributed by atoms with E-state index in [1.807, 2.05) is 0 Å². The first-order valence-corrected chi connectivity index (χ1v) is 6.23. The van der Waals surface area contributed by atoms with Crippen LogP contribution in [0.2, 0.25) is 0 Å². The molecule has 0 amide bonds. The highest BCUT2D eigenvalue weighted by Gasteiger charge is 2.36. The highest BCUT2D eigenvalue weighted by molar-refractivity contribution is 5.71. The van der Waals surface area contributed by atoms with Crippen molar-refractivity contribution in [2.24, 2.45) is 5.92 Å². The van der Waals surface area contributed by atoms with Gasteiger partial charge in [-0.05, 0) is 0 Å². The van der Waals surface area contributed by atoms with Crippen molar-refractivity contribution in [3.05, 3.63) is 24.2 Å². The zero-order valence-corrected chi connectivity index (χ0v) is 10.7. The molecule has 21 heavy (non-hydrogen) atoms. The SMILES string of the molecule is O=C(O)CC1CN(c2nccn3nc(C(F)(F)F)cc23)C1. The smallest absolute Gasteiger partial charge is 0.435 e. The predicted octanol–water partition coefficient (Wildman–Crippen LogP) is 1.66. The van der Waals surface area contributed by atoms with Gasteiger partial charge in [0.15, 0.2) is 11.5 Å². The topological polar surface area (TPSA) is 70.7 Å². The summed E-state index contributed by atoms with van der Waals surface area (Å²) in [6.07, 6.45) is -1.74. The van der Waals surface area contributed by atoms with Gasteiger partial charge in [-0.2, -0.15) is 18.3 Å². The second kappa shape index (κ2) is 4.61. The average molecular weight is 300 g/mol. The summed E-state index contributed by atoms with van der Waals surface area (Å²) < 4.78 is 39.2. The van der Waals surface area contributed by atoms with Gasteiger partial charge in [0.05, 0.1) is 6.42 Å². The third-order valence-electron chi connectivity index (χ3n) is 3.38. The summed E-state index contributed by atoms with van der Waals surface area (Å²) in [7, 11) is 0. The van der Waals surface area contributed by atoms with Crippen LogP contribution in [-0.2, 0) is 11.0 Å². The average Bonchev–Trinajstić information content (AvgIpc) is 2.76. The summed E-state index contributed by atoms with van der Waals surface area (Å²) in [4.78, 5) is 16.4. The monoisotopic (exact) mass is 300 g/mol. The standard InChI is InChI=1S/C12H11F3N4O2/c13-12(14,15)9-4-8-11(16-1-2-19(8)17-9)18-5-7(6-18)3-10(20)21/h1-2,4,7H,3,5-6H2,(H,20,21). The molecule has 3 heterocycles. The molecule has 2 aromatic rings. The van der Waals surface area contributed by atoms with Gasteiger partial charge in [-0.3, -0.25) is 4.79 Å². The van der Waals surface area contributed by atoms with Crippen molar-refractivity contribution in [3.63, 3.8) is 0 Å². The van der Waals surface area contributed by atoms with Crippen LogP contribution in [-0.4, -0.2) is 38.8 Å². The lowest BCUT2D eigenvalue weighted by Crippen LogP contribution is -2.48.